The molecule has 0 radical (unpaired) electrons. The minimum atomic E-state index is 0.220. The molecule has 3 nitrogen and oxygen atoms in total. The van der Waals surface area contributed by atoms with Crippen LogP contribution >= 0.6 is 0 Å². The number of ether oxygens (including phenoxy) is 1. The molecule has 0 aliphatic carbocycles. The number of hydrogen-bond donors (Lipinski definition) is 1. The van der Waals surface area contributed by atoms with Gasteiger partial charge in [0.15, 0.2) is 0 Å². The van der Waals surface area contributed by atoms with Gasteiger partial charge in [0.1, 0.15) is 0 Å². The van der Waals surface area contributed by atoms with Gasteiger partial charge in [0.05, 0.1) is 12.7 Å². The fourth-order valence-electron chi connectivity index (χ4n) is 1.45. The molecule has 1 fully saturated rings. The van der Waals surface area contributed by atoms with Crippen molar-refractivity contribution in [2.45, 2.75) is 13.0 Å². The Morgan fingerprint density at radius 3 is 3.08 bits per heavy atom. The normalized spacial score (nSPS) is 25.7. The maximum atomic E-state index is 5.52. The molecule has 1 unspecified atom stereocenters. The molecule has 70 valence electrons. The zero-order chi connectivity index (χ0) is 8.97. The molecule has 1 heterocycles. The van der Waals surface area contributed by atoms with E-state index in [0.717, 1.165) is 26.2 Å². The number of morpholine rings is 1. The summed E-state index contributed by atoms with van der Waals surface area (Å²) in [5.41, 5.74) is 6.72. The Morgan fingerprint density at radius 1 is 1.75 bits per heavy atom. The van der Waals surface area contributed by atoms with Crippen molar-refractivity contribution in [3.8, 4) is 0 Å². The Hall–Kier alpha value is -0.380. The van der Waals surface area contributed by atoms with E-state index in [-0.39, 0.29) is 6.10 Å². The van der Waals surface area contributed by atoms with Crippen LogP contribution in [0.25, 0.3) is 0 Å². The predicted molar refractivity (Wildman–Crippen MR) is 50.0 cm³/mol. The van der Waals surface area contributed by atoms with Crippen molar-refractivity contribution >= 4 is 0 Å². The lowest BCUT2D eigenvalue weighted by molar-refractivity contribution is -0.0198. The largest absolute Gasteiger partial charge is 0.374 e. The first kappa shape index (κ1) is 9.71. The summed E-state index contributed by atoms with van der Waals surface area (Å²) in [4.78, 5) is 2.34. The van der Waals surface area contributed by atoms with Crippen LogP contribution in [0, 0.1) is 0 Å². The number of rotatable bonds is 3. The Morgan fingerprint density at radius 2 is 2.50 bits per heavy atom. The average molecular weight is 170 g/mol. The molecule has 1 aliphatic heterocycles. The highest BCUT2D eigenvalue weighted by molar-refractivity contribution is 4.93. The monoisotopic (exact) mass is 170 g/mol. The van der Waals surface area contributed by atoms with Crippen molar-refractivity contribution < 1.29 is 4.74 Å². The Bertz CT molecular complexity index is 159. The molecule has 0 bridgehead atoms. The van der Waals surface area contributed by atoms with Gasteiger partial charge in [-0.3, -0.25) is 4.90 Å². The van der Waals surface area contributed by atoms with Crippen LogP contribution in [0.5, 0.6) is 0 Å². The van der Waals surface area contributed by atoms with Gasteiger partial charge in [0.25, 0.3) is 0 Å². The predicted octanol–water partition coefficient (Wildman–Crippen LogP) is 0.222. The maximum Gasteiger partial charge on any atom is 0.0824 e. The van der Waals surface area contributed by atoms with Crippen molar-refractivity contribution in [3.63, 3.8) is 0 Å². The second-order valence-electron chi connectivity index (χ2n) is 3.42. The Kier molecular flexibility index (Phi) is 3.72. The molecule has 1 aliphatic rings. The van der Waals surface area contributed by atoms with Gasteiger partial charge in [0, 0.05) is 26.2 Å². The second kappa shape index (κ2) is 4.60. The zero-order valence-corrected chi connectivity index (χ0v) is 7.75. The van der Waals surface area contributed by atoms with Gasteiger partial charge >= 0.3 is 0 Å². The van der Waals surface area contributed by atoms with Crippen LogP contribution in [-0.2, 0) is 4.74 Å². The van der Waals surface area contributed by atoms with E-state index < -0.39 is 0 Å². The molecule has 3 heteroatoms. The lowest BCUT2D eigenvalue weighted by atomic mass is 10.2. The van der Waals surface area contributed by atoms with Crippen molar-refractivity contribution in [1.29, 1.82) is 0 Å². The third-order valence-corrected chi connectivity index (χ3v) is 1.98. The van der Waals surface area contributed by atoms with Crippen LogP contribution in [0.3, 0.4) is 0 Å². The molecule has 1 atom stereocenters. The smallest absolute Gasteiger partial charge is 0.0824 e. The van der Waals surface area contributed by atoms with E-state index in [2.05, 4.69) is 11.5 Å². The minimum absolute atomic E-state index is 0.220. The molecule has 0 aromatic rings. The molecule has 0 spiro atoms. The summed E-state index contributed by atoms with van der Waals surface area (Å²) in [5, 5.41) is 0. The first-order chi connectivity index (χ1) is 5.72. The van der Waals surface area contributed by atoms with E-state index in [1.807, 2.05) is 6.92 Å². The third-order valence-electron chi connectivity index (χ3n) is 1.98. The molecule has 0 amide bonds. The summed E-state index contributed by atoms with van der Waals surface area (Å²) in [5.74, 6) is 0. The van der Waals surface area contributed by atoms with Crippen LogP contribution in [0.2, 0.25) is 0 Å². The van der Waals surface area contributed by atoms with Gasteiger partial charge in [-0.1, -0.05) is 12.2 Å². The quantitative estimate of drug-likeness (QED) is 0.616. The lowest BCUT2D eigenvalue weighted by Gasteiger charge is -2.32. The van der Waals surface area contributed by atoms with Crippen molar-refractivity contribution in [3.05, 3.63) is 12.2 Å². The van der Waals surface area contributed by atoms with Crippen molar-refractivity contribution in [2.24, 2.45) is 5.73 Å². The highest BCUT2D eigenvalue weighted by atomic mass is 16.5. The van der Waals surface area contributed by atoms with E-state index in [1.54, 1.807) is 0 Å². The standard InChI is InChI=1S/C9H18N2O/c1-8(2)6-11-3-4-12-9(5-10)7-11/h9H,1,3-7,10H2,2H3. The van der Waals surface area contributed by atoms with E-state index in [9.17, 15) is 0 Å². The molecule has 0 aromatic heterocycles. The van der Waals surface area contributed by atoms with Crippen LogP contribution in [0.1, 0.15) is 6.92 Å². The topological polar surface area (TPSA) is 38.5 Å². The van der Waals surface area contributed by atoms with Crippen molar-refractivity contribution in [2.75, 3.05) is 32.8 Å². The summed E-state index contributed by atoms with van der Waals surface area (Å²) in [6.07, 6.45) is 0.220. The van der Waals surface area contributed by atoms with Gasteiger partial charge in [0.2, 0.25) is 0 Å². The average Bonchev–Trinajstić information content (AvgIpc) is 2.03. The molecule has 0 saturated carbocycles. The second-order valence-corrected chi connectivity index (χ2v) is 3.42. The summed E-state index contributed by atoms with van der Waals surface area (Å²) >= 11 is 0. The highest BCUT2D eigenvalue weighted by Gasteiger charge is 2.18. The highest BCUT2D eigenvalue weighted by Crippen LogP contribution is 2.05. The van der Waals surface area contributed by atoms with E-state index in [0.29, 0.717) is 6.54 Å². The molecule has 12 heavy (non-hydrogen) atoms. The first-order valence-electron chi connectivity index (χ1n) is 4.40. The van der Waals surface area contributed by atoms with Crippen LogP contribution in [-0.4, -0.2) is 43.8 Å². The van der Waals surface area contributed by atoms with Gasteiger partial charge in [-0.2, -0.15) is 0 Å². The van der Waals surface area contributed by atoms with Crippen LogP contribution in [0.4, 0.5) is 0 Å². The molecule has 1 rings (SSSR count). The number of nitrogens with zero attached hydrogens (tertiary/aromatic N) is 1. The van der Waals surface area contributed by atoms with Crippen molar-refractivity contribution in [1.82, 2.24) is 4.90 Å². The van der Waals surface area contributed by atoms with E-state index in [4.69, 9.17) is 10.5 Å². The molecular weight excluding hydrogens is 152 g/mol. The lowest BCUT2D eigenvalue weighted by Crippen LogP contribution is -2.45. The van der Waals surface area contributed by atoms with Crippen LogP contribution in [0.15, 0.2) is 12.2 Å². The van der Waals surface area contributed by atoms with Gasteiger partial charge < -0.3 is 10.5 Å². The number of hydrogen-bond acceptors (Lipinski definition) is 3. The summed E-state index contributed by atoms with van der Waals surface area (Å²) in [6.45, 7) is 10.3. The zero-order valence-electron chi connectivity index (χ0n) is 7.75. The molecular formula is C9H18N2O. The molecule has 1 saturated heterocycles. The summed E-state index contributed by atoms with van der Waals surface area (Å²) in [6, 6.07) is 0. The minimum Gasteiger partial charge on any atom is -0.374 e. The summed E-state index contributed by atoms with van der Waals surface area (Å²) in [7, 11) is 0. The fraction of sp³-hybridized carbons (Fsp3) is 0.778. The maximum absolute atomic E-state index is 5.52. The fourth-order valence-corrected chi connectivity index (χ4v) is 1.45. The van der Waals surface area contributed by atoms with Crippen LogP contribution < -0.4 is 5.73 Å². The van der Waals surface area contributed by atoms with Gasteiger partial charge in [-0.05, 0) is 6.92 Å². The summed E-state index contributed by atoms with van der Waals surface area (Å²) < 4.78 is 5.44. The first-order valence-corrected chi connectivity index (χ1v) is 4.40. The molecule has 0 aromatic carbocycles. The number of nitrogens with two attached hydrogens (primary N) is 1. The van der Waals surface area contributed by atoms with E-state index >= 15 is 0 Å². The van der Waals surface area contributed by atoms with Gasteiger partial charge in [-0.25, -0.2) is 0 Å². The Labute approximate surface area is 74.2 Å². The SMILES string of the molecule is C=C(C)CN1CCOC(CN)C1. The third kappa shape index (κ3) is 2.93. The van der Waals surface area contributed by atoms with Gasteiger partial charge in [-0.15, -0.1) is 0 Å². The molecule has 2 N–H and O–H groups in total. The Balaban J connectivity index is 2.30. The van der Waals surface area contributed by atoms with E-state index in [1.165, 1.54) is 5.57 Å².